The second kappa shape index (κ2) is 5.64. The molecule has 1 saturated heterocycles. The van der Waals surface area contributed by atoms with Gasteiger partial charge in [0, 0.05) is 12.6 Å². The zero-order chi connectivity index (χ0) is 13.9. The van der Waals surface area contributed by atoms with Gasteiger partial charge in [0.2, 0.25) is 5.88 Å². The second-order valence-electron chi connectivity index (χ2n) is 5.47. The van der Waals surface area contributed by atoms with E-state index in [9.17, 15) is 4.79 Å². The van der Waals surface area contributed by atoms with E-state index in [0.717, 1.165) is 19.4 Å². The SMILES string of the molecule is COc1ncncc1NC(=O)N1CCCC1C1CCC1. The summed E-state index contributed by atoms with van der Waals surface area (Å²) in [4.78, 5) is 22.3. The fourth-order valence-electron chi connectivity index (χ4n) is 3.11. The van der Waals surface area contributed by atoms with Crippen LogP contribution in [0.5, 0.6) is 5.88 Å². The molecule has 1 aliphatic carbocycles. The van der Waals surface area contributed by atoms with Crippen molar-refractivity contribution >= 4 is 11.7 Å². The number of anilines is 1. The molecule has 108 valence electrons. The Hall–Kier alpha value is -1.85. The van der Waals surface area contributed by atoms with Crippen molar-refractivity contribution in [3.05, 3.63) is 12.5 Å². The van der Waals surface area contributed by atoms with Crippen molar-refractivity contribution in [3.63, 3.8) is 0 Å². The average molecular weight is 276 g/mol. The largest absolute Gasteiger partial charge is 0.479 e. The molecule has 6 nitrogen and oxygen atoms in total. The summed E-state index contributed by atoms with van der Waals surface area (Å²) in [7, 11) is 1.53. The third-order valence-electron chi connectivity index (χ3n) is 4.36. The quantitative estimate of drug-likeness (QED) is 0.919. The molecule has 2 amide bonds. The van der Waals surface area contributed by atoms with Gasteiger partial charge in [0.05, 0.1) is 13.3 Å². The Kier molecular flexibility index (Phi) is 3.71. The van der Waals surface area contributed by atoms with Gasteiger partial charge < -0.3 is 15.0 Å². The topological polar surface area (TPSA) is 67.4 Å². The van der Waals surface area contributed by atoms with E-state index in [1.54, 1.807) is 6.20 Å². The number of carbonyl (C=O) groups excluding carboxylic acids is 1. The summed E-state index contributed by atoms with van der Waals surface area (Å²) in [5.41, 5.74) is 0.527. The number of hydrogen-bond acceptors (Lipinski definition) is 4. The van der Waals surface area contributed by atoms with Crippen LogP contribution in [-0.4, -0.2) is 40.6 Å². The minimum absolute atomic E-state index is 0.0625. The summed E-state index contributed by atoms with van der Waals surface area (Å²) in [6.45, 7) is 0.836. The molecule has 0 aromatic carbocycles. The molecule has 1 unspecified atom stereocenters. The first-order valence-corrected chi connectivity index (χ1v) is 7.21. The van der Waals surface area contributed by atoms with Crippen LogP contribution >= 0.6 is 0 Å². The lowest BCUT2D eigenvalue weighted by molar-refractivity contribution is 0.147. The summed E-state index contributed by atoms with van der Waals surface area (Å²) >= 11 is 0. The van der Waals surface area contributed by atoms with Crippen LogP contribution in [0.2, 0.25) is 0 Å². The lowest BCUT2D eigenvalue weighted by Gasteiger charge is -2.36. The molecule has 2 aliphatic rings. The second-order valence-corrected chi connectivity index (χ2v) is 5.47. The van der Waals surface area contributed by atoms with E-state index in [2.05, 4.69) is 15.3 Å². The Labute approximate surface area is 118 Å². The molecule has 0 spiro atoms. The van der Waals surface area contributed by atoms with Crippen molar-refractivity contribution in [2.75, 3.05) is 19.0 Å². The predicted octanol–water partition coefficient (Wildman–Crippen LogP) is 2.28. The molecule has 1 saturated carbocycles. The number of likely N-dealkylation sites (tertiary alicyclic amines) is 1. The molecule has 1 N–H and O–H groups in total. The maximum atomic E-state index is 12.4. The zero-order valence-electron chi connectivity index (χ0n) is 11.7. The van der Waals surface area contributed by atoms with E-state index in [4.69, 9.17) is 4.74 Å². The molecular weight excluding hydrogens is 256 g/mol. The fraction of sp³-hybridized carbons (Fsp3) is 0.643. The van der Waals surface area contributed by atoms with E-state index >= 15 is 0 Å². The highest BCUT2D eigenvalue weighted by molar-refractivity contribution is 5.90. The normalized spacial score (nSPS) is 22.4. The van der Waals surface area contributed by atoms with Gasteiger partial charge in [-0.2, -0.15) is 4.98 Å². The summed E-state index contributed by atoms with van der Waals surface area (Å²) in [5.74, 6) is 1.09. The number of ether oxygens (including phenoxy) is 1. The predicted molar refractivity (Wildman–Crippen MR) is 74.7 cm³/mol. The lowest BCUT2D eigenvalue weighted by atomic mass is 9.79. The number of rotatable bonds is 3. The van der Waals surface area contributed by atoms with Gasteiger partial charge >= 0.3 is 6.03 Å². The van der Waals surface area contributed by atoms with E-state index in [1.165, 1.54) is 32.7 Å². The summed E-state index contributed by atoms with van der Waals surface area (Å²) < 4.78 is 5.13. The van der Waals surface area contributed by atoms with Crippen LogP contribution in [0.1, 0.15) is 32.1 Å². The third kappa shape index (κ3) is 2.42. The molecule has 1 aromatic heterocycles. The Morgan fingerprint density at radius 1 is 1.40 bits per heavy atom. The molecule has 20 heavy (non-hydrogen) atoms. The minimum atomic E-state index is -0.0625. The molecule has 2 fully saturated rings. The van der Waals surface area contributed by atoms with Crippen LogP contribution in [0.15, 0.2) is 12.5 Å². The first-order chi connectivity index (χ1) is 9.79. The Bertz CT molecular complexity index is 490. The summed E-state index contributed by atoms with van der Waals surface area (Å²) in [6.07, 6.45) is 9.01. The number of aromatic nitrogens is 2. The molecule has 3 rings (SSSR count). The fourth-order valence-corrected chi connectivity index (χ4v) is 3.11. The van der Waals surface area contributed by atoms with Crippen molar-refractivity contribution in [1.82, 2.24) is 14.9 Å². The van der Waals surface area contributed by atoms with Crippen molar-refractivity contribution in [2.24, 2.45) is 5.92 Å². The molecule has 2 heterocycles. The van der Waals surface area contributed by atoms with Gasteiger partial charge in [-0.15, -0.1) is 0 Å². The van der Waals surface area contributed by atoms with Crippen LogP contribution in [0.4, 0.5) is 10.5 Å². The maximum absolute atomic E-state index is 12.4. The summed E-state index contributed by atoms with van der Waals surface area (Å²) in [5, 5.41) is 2.87. The highest BCUT2D eigenvalue weighted by atomic mass is 16.5. The maximum Gasteiger partial charge on any atom is 0.322 e. The Balaban J connectivity index is 1.69. The molecular formula is C14H20N4O2. The molecule has 0 bridgehead atoms. The van der Waals surface area contributed by atoms with Crippen molar-refractivity contribution in [3.8, 4) is 5.88 Å². The van der Waals surface area contributed by atoms with Crippen LogP contribution in [-0.2, 0) is 0 Å². The van der Waals surface area contributed by atoms with Gasteiger partial charge in [-0.25, -0.2) is 9.78 Å². The summed E-state index contributed by atoms with van der Waals surface area (Å²) in [6, 6.07) is 0.340. The highest BCUT2D eigenvalue weighted by Gasteiger charge is 2.37. The number of nitrogens with zero attached hydrogens (tertiary/aromatic N) is 3. The van der Waals surface area contributed by atoms with Crippen molar-refractivity contribution in [2.45, 2.75) is 38.1 Å². The number of nitrogens with one attached hydrogen (secondary N) is 1. The molecule has 1 aromatic rings. The molecule has 0 radical (unpaired) electrons. The van der Waals surface area contributed by atoms with Crippen LogP contribution in [0.3, 0.4) is 0 Å². The van der Waals surface area contributed by atoms with Gasteiger partial charge in [-0.05, 0) is 31.6 Å². The smallest absolute Gasteiger partial charge is 0.322 e. The number of methoxy groups -OCH3 is 1. The standard InChI is InChI=1S/C14H20N4O2/c1-20-13-11(8-15-9-16-13)17-14(19)18-7-3-6-12(18)10-4-2-5-10/h8-10,12H,2-7H2,1H3,(H,17,19). The van der Waals surface area contributed by atoms with Gasteiger partial charge in [0.25, 0.3) is 0 Å². The van der Waals surface area contributed by atoms with Crippen LogP contribution in [0, 0.1) is 5.92 Å². The number of amides is 2. The lowest BCUT2D eigenvalue weighted by Crippen LogP contribution is -2.44. The van der Waals surface area contributed by atoms with Gasteiger partial charge in [0.1, 0.15) is 12.0 Å². The van der Waals surface area contributed by atoms with Gasteiger partial charge in [-0.3, -0.25) is 0 Å². The van der Waals surface area contributed by atoms with E-state index in [-0.39, 0.29) is 6.03 Å². The van der Waals surface area contributed by atoms with Gasteiger partial charge in [0.15, 0.2) is 0 Å². The van der Waals surface area contributed by atoms with Crippen molar-refractivity contribution < 1.29 is 9.53 Å². The Morgan fingerprint density at radius 2 is 2.25 bits per heavy atom. The van der Waals surface area contributed by atoms with Crippen LogP contribution in [0.25, 0.3) is 0 Å². The molecule has 6 heteroatoms. The monoisotopic (exact) mass is 276 g/mol. The van der Waals surface area contributed by atoms with Gasteiger partial charge in [-0.1, -0.05) is 6.42 Å². The van der Waals surface area contributed by atoms with E-state index in [0.29, 0.717) is 23.5 Å². The van der Waals surface area contributed by atoms with E-state index < -0.39 is 0 Å². The van der Waals surface area contributed by atoms with Crippen molar-refractivity contribution in [1.29, 1.82) is 0 Å². The third-order valence-corrected chi connectivity index (χ3v) is 4.36. The minimum Gasteiger partial charge on any atom is -0.479 e. The molecule has 1 atom stereocenters. The first-order valence-electron chi connectivity index (χ1n) is 7.21. The van der Waals surface area contributed by atoms with Crippen LogP contribution < -0.4 is 10.1 Å². The number of urea groups is 1. The highest BCUT2D eigenvalue weighted by Crippen LogP contribution is 2.37. The molecule has 1 aliphatic heterocycles. The average Bonchev–Trinajstić information content (AvgIpc) is 2.86. The number of carbonyl (C=O) groups is 1. The zero-order valence-corrected chi connectivity index (χ0v) is 11.7. The Morgan fingerprint density at radius 3 is 2.95 bits per heavy atom. The first kappa shape index (κ1) is 13.1. The van der Waals surface area contributed by atoms with E-state index in [1.807, 2.05) is 4.90 Å². The number of hydrogen-bond donors (Lipinski definition) is 1.